The van der Waals surface area contributed by atoms with Crippen molar-refractivity contribution in [2.75, 3.05) is 34.0 Å². The van der Waals surface area contributed by atoms with Crippen molar-refractivity contribution in [2.45, 2.75) is 6.04 Å². The van der Waals surface area contributed by atoms with Crippen LogP contribution >= 0.6 is 0 Å². The lowest BCUT2D eigenvalue weighted by Gasteiger charge is -2.33. The summed E-state index contributed by atoms with van der Waals surface area (Å²) in [6, 6.07) is 3.79. The minimum atomic E-state index is -1.09. The van der Waals surface area contributed by atoms with Gasteiger partial charge in [0.05, 0.1) is 33.0 Å². The van der Waals surface area contributed by atoms with E-state index in [2.05, 4.69) is 0 Å². The SMILES string of the molecule is COc1ccc(C(=O)N2CCOCC2C(=O)O)c(OC)c1. The number of benzene rings is 1. The summed E-state index contributed by atoms with van der Waals surface area (Å²) >= 11 is 0. The van der Waals surface area contributed by atoms with Crippen molar-refractivity contribution in [1.82, 2.24) is 4.90 Å². The first-order valence-electron chi connectivity index (χ1n) is 6.42. The summed E-state index contributed by atoms with van der Waals surface area (Å²) in [5, 5.41) is 9.19. The van der Waals surface area contributed by atoms with Crippen molar-refractivity contribution in [3.63, 3.8) is 0 Å². The molecule has 2 rings (SSSR count). The van der Waals surface area contributed by atoms with Crippen LogP contribution in [0.25, 0.3) is 0 Å². The van der Waals surface area contributed by atoms with E-state index in [1.165, 1.54) is 19.1 Å². The number of hydrogen-bond donors (Lipinski definition) is 1. The van der Waals surface area contributed by atoms with Gasteiger partial charge in [-0.05, 0) is 12.1 Å². The molecule has 21 heavy (non-hydrogen) atoms. The van der Waals surface area contributed by atoms with Crippen LogP contribution in [0.5, 0.6) is 11.5 Å². The summed E-state index contributed by atoms with van der Waals surface area (Å²) in [5.74, 6) is -0.587. The number of carboxylic acids is 1. The molecule has 1 aliphatic rings. The van der Waals surface area contributed by atoms with Crippen molar-refractivity contribution in [3.05, 3.63) is 23.8 Å². The highest BCUT2D eigenvalue weighted by atomic mass is 16.5. The third-order valence-corrected chi connectivity index (χ3v) is 3.31. The van der Waals surface area contributed by atoms with Gasteiger partial charge in [0.15, 0.2) is 6.04 Å². The summed E-state index contributed by atoms with van der Waals surface area (Å²) in [7, 11) is 2.96. The molecule has 1 aromatic carbocycles. The first kappa shape index (κ1) is 15.1. The summed E-state index contributed by atoms with van der Waals surface area (Å²) in [4.78, 5) is 25.1. The van der Waals surface area contributed by atoms with E-state index < -0.39 is 17.9 Å². The van der Waals surface area contributed by atoms with E-state index in [9.17, 15) is 14.7 Å². The fraction of sp³-hybridized carbons (Fsp3) is 0.429. The van der Waals surface area contributed by atoms with Crippen LogP contribution in [0.2, 0.25) is 0 Å². The molecule has 0 spiro atoms. The van der Waals surface area contributed by atoms with E-state index >= 15 is 0 Å². The molecule has 1 unspecified atom stereocenters. The number of carbonyl (C=O) groups is 2. The molecule has 1 N–H and O–H groups in total. The molecule has 0 aliphatic carbocycles. The summed E-state index contributed by atoms with van der Waals surface area (Å²) in [6.45, 7) is 0.526. The van der Waals surface area contributed by atoms with E-state index in [1.807, 2.05) is 0 Å². The van der Waals surface area contributed by atoms with Gasteiger partial charge in [-0.3, -0.25) is 4.79 Å². The maximum absolute atomic E-state index is 12.6. The van der Waals surface area contributed by atoms with Crippen LogP contribution in [0.3, 0.4) is 0 Å². The molecule has 1 amide bonds. The summed E-state index contributed by atoms with van der Waals surface area (Å²) in [5.41, 5.74) is 0.298. The normalized spacial score (nSPS) is 18.2. The lowest BCUT2D eigenvalue weighted by atomic mass is 10.1. The maximum Gasteiger partial charge on any atom is 0.328 e. The van der Waals surface area contributed by atoms with E-state index in [0.717, 1.165) is 0 Å². The van der Waals surface area contributed by atoms with Crippen molar-refractivity contribution >= 4 is 11.9 Å². The van der Waals surface area contributed by atoms with Gasteiger partial charge in [0.2, 0.25) is 0 Å². The van der Waals surface area contributed by atoms with Crippen LogP contribution in [-0.2, 0) is 9.53 Å². The van der Waals surface area contributed by atoms with Gasteiger partial charge in [0.25, 0.3) is 5.91 Å². The Labute approximate surface area is 122 Å². The second-order valence-electron chi connectivity index (χ2n) is 4.49. The number of carboxylic acid groups (broad SMARTS) is 1. The van der Waals surface area contributed by atoms with Crippen molar-refractivity contribution < 1.29 is 28.9 Å². The Kier molecular flexibility index (Phi) is 4.64. The second-order valence-corrected chi connectivity index (χ2v) is 4.49. The Morgan fingerprint density at radius 2 is 2.10 bits per heavy atom. The predicted octanol–water partition coefficient (Wildman–Crippen LogP) is 0.629. The maximum atomic E-state index is 12.6. The number of rotatable bonds is 4. The third-order valence-electron chi connectivity index (χ3n) is 3.31. The monoisotopic (exact) mass is 295 g/mol. The number of aliphatic carboxylic acids is 1. The number of carbonyl (C=O) groups excluding carboxylic acids is 1. The van der Waals surface area contributed by atoms with Crippen LogP contribution in [0.15, 0.2) is 18.2 Å². The number of nitrogens with zero attached hydrogens (tertiary/aromatic N) is 1. The first-order valence-corrected chi connectivity index (χ1v) is 6.42. The van der Waals surface area contributed by atoms with Crippen molar-refractivity contribution in [3.8, 4) is 11.5 Å². The Hall–Kier alpha value is -2.28. The van der Waals surface area contributed by atoms with Crippen molar-refractivity contribution in [1.29, 1.82) is 0 Å². The Morgan fingerprint density at radius 1 is 1.33 bits per heavy atom. The standard InChI is InChI=1S/C14H17NO6/c1-19-9-3-4-10(12(7-9)20-2)13(16)15-5-6-21-8-11(15)14(17)18/h3-4,7,11H,5-6,8H2,1-2H3,(H,17,18). The van der Waals surface area contributed by atoms with Crippen molar-refractivity contribution in [2.24, 2.45) is 0 Å². The number of methoxy groups -OCH3 is 2. The lowest BCUT2D eigenvalue weighted by Crippen LogP contribution is -2.52. The fourth-order valence-corrected chi connectivity index (χ4v) is 2.18. The highest BCUT2D eigenvalue weighted by molar-refractivity contribution is 5.99. The molecule has 1 saturated heterocycles. The molecular weight excluding hydrogens is 278 g/mol. The van der Waals surface area contributed by atoms with Gasteiger partial charge in [-0.15, -0.1) is 0 Å². The lowest BCUT2D eigenvalue weighted by molar-refractivity contribution is -0.147. The van der Waals surface area contributed by atoms with Gasteiger partial charge < -0.3 is 24.2 Å². The predicted molar refractivity (Wildman–Crippen MR) is 72.8 cm³/mol. The molecule has 1 fully saturated rings. The molecule has 0 radical (unpaired) electrons. The highest BCUT2D eigenvalue weighted by Gasteiger charge is 2.34. The highest BCUT2D eigenvalue weighted by Crippen LogP contribution is 2.26. The topological polar surface area (TPSA) is 85.3 Å². The quantitative estimate of drug-likeness (QED) is 0.877. The second kappa shape index (κ2) is 6.45. The molecule has 1 heterocycles. The largest absolute Gasteiger partial charge is 0.497 e. The Morgan fingerprint density at radius 3 is 2.71 bits per heavy atom. The Balaban J connectivity index is 2.31. The van der Waals surface area contributed by atoms with E-state index in [0.29, 0.717) is 23.7 Å². The number of amides is 1. The van der Waals surface area contributed by atoms with Gasteiger partial charge in [-0.2, -0.15) is 0 Å². The first-order chi connectivity index (χ1) is 10.1. The number of morpholine rings is 1. The van der Waals surface area contributed by atoms with Crippen LogP contribution in [0.1, 0.15) is 10.4 Å². The zero-order valence-electron chi connectivity index (χ0n) is 11.9. The van der Waals surface area contributed by atoms with Crippen LogP contribution < -0.4 is 9.47 Å². The zero-order valence-corrected chi connectivity index (χ0v) is 11.9. The molecule has 1 atom stereocenters. The molecule has 0 saturated carbocycles. The van der Waals surface area contributed by atoms with Gasteiger partial charge in [0.1, 0.15) is 11.5 Å². The minimum absolute atomic E-state index is 0.0143. The number of ether oxygens (including phenoxy) is 3. The molecular formula is C14H17NO6. The van der Waals surface area contributed by atoms with Crippen LogP contribution in [0.4, 0.5) is 0 Å². The average molecular weight is 295 g/mol. The molecule has 0 aromatic heterocycles. The zero-order chi connectivity index (χ0) is 15.4. The van der Waals surface area contributed by atoms with Gasteiger partial charge in [-0.25, -0.2) is 4.79 Å². The van der Waals surface area contributed by atoms with E-state index in [4.69, 9.17) is 14.2 Å². The fourth-order valence-electron chi connectivity index (χ4n) is 2.18. The smallest absolute Gasteiger partial charge is 0.328 e. The Bertz CT molecular complexity index is 544. The number of hydrogen-bond acceptors (Lipinski definition) is 5. The minimum Gasteiger partial charge on any atom is -0.497 e. The third kappa shape index (κ3) is 3.08. The molecule has 1 aromatic rings. The van der Waals surface area contributed by atoms with Crippen LogP contribution in [0, 0.1) is 0 Å². The van der Waals surface area contributed by atoms with E-state index in [-0.39, 0.29) is 13.2 Å². The average Bonchev–Trinajstić information content (AvgIpc) is 2.53. The summed E-state index contributed by atoms with van der Waals surface area (Å²) < 4.78 is 15.4. The van der Waals surface area contributed by atoms with Gasteiger partial charge in [-0.1, -0.05) is 0 Å². The van der Waals surface area contributed by atoms with E-state index in [1.54, 1.807) is 18.2 Å². The molecule has 7 nitrogen and oxygen atoms in total. The molecule has 7 heteroatoms. The molecule has 114 valence electrons. The van der Waals surface area contributed by atoms with Crippen LogP contribution in [-0.4, -0.2) is 61.9 Å². The molecule has 1 aliphatic heterocycles. The molecule has 0 bridgehead atoms. The van der Waals surface area contributed by atoms with Gasteiger partial charge in [0, 0.05) is 12.6 Å². The van der Waals surface area contributed by atoms with Gasteiger partial charge >= 0.3 is 5.97 Å². The summed E-state index contributed by atoms with van der Waals surface area (Å²) in [6.07, 6.45) is 0.